The second-order valence-corrected chi connectivity index (χ2v) is 5.54. The maximum atomic E-state index is 11.8. The second-order valence-electron chi connectivity index (χ2n) is 4.62. The molecule has 5 nitrogen and oxygen atoms in total. The Balaban J connectivity index is 2.51. The van der Waals surface area contributed by atoms with Crippen LogP contribution in [-0.4, -0.2) is 48.7 Å². The molecule has 0 aliphatic heterocycles. The van der Waals surface area contributed by atoms with Gasteiger partial charge in [0.15, 0.2) is 0 Å². The fraction of sp³-hybridized carbons (Fsp3) is 0.545. The molecule has 96 valence electrons. The third-order valence-corrected chi connectivity index (χ3v) is 3.12. The van der Waals surface area contributed by atoms with Crippen molar-refractivity contribution >= 4 is 22.9 Å². The lowest BCUT2D eigenvalue weighted by atomic mass is 10.1. The maximum absolute atomic E-state index is 11.8. The zero-order valence-corrected chi connectivity index (χ0v) is 11.2. The van der Waals surface area contributed by atoms with Gasteiger partial charge in [0.05, 0.1) is 11.3 Å². The topological polar surface area (TPSA) is 78.6 Å². The summed E-state index contributed by atoms with van der Waals surface area (Å²) in [5.41, 5.74) is 5.16. The third-order valence-electron chi connectivity index (χ3n) is 2.19. The van der Waals surface area contributed by atoms with Gasteiger partial charge < -0.3 is 21.1 Å². The molecule has 1 heterocycles. The highest BCUT2D eigenvalue weighted by atomic mass is 32.1. The number of thiophene rings is 1. The number of hydrogen-bond acceptors (Lipinski definition) is 5. The Morgan fingerprint density at radius 2 is 2.29 bits per heavy atom. The number of nitrogens with one attached hydrogen (secondary N) is 1. The lowest BCUT2D eigenvalue weighted by Gasteiger charge is -2.26. The number of anilines is 1. The van der Waals surface area contributed by atoms with E-state index in [0.29, 0.717) is 17.1 Å². The van der Waals surface area contributed by atoms with E-state index in [9.17, 15) is 9.90 Å². The number of nitrogens with two attached hydrogens (primary N) is 1. The smallest absolute Gasteiger partial charge is 0.263 e. The predicted molar refractivity (Wildman–Crippen MR) is 70.2 cm³/mol. The molecule has 0 spiro atoms. The minimum Gasteiger partial charge on any atom is -0.397 e. The second kappa shape index (κ2) is 5.48. The normalized spacial score (nSPS) is 14.6. The first-order chi connectivity index (χ1) is 7.82. The molecule has 6 heteroatoms. The van der Waals surface area contributed by atoms with E-state index in [1.54, 1.807) is 18.4 Å². The van der Waals surface area contributed by atoms with Crippen molar-refractivity contribution in [1.29, 1.82) is 0 Å². The summed E-state index contributed by atoms with van der Waals surface area (Å²) in [5.74, 6) is -0.239. The first-order valence-electron chi connectivity index (χ1n) is 5.30. The zero-order valence-electron chi connectivity index (χ0n) is 10.4. The quantitative estimate of drug-likeness (QED) is 0.712. The van der Waals surface area contributed by atoms with Crippen molar-refractivity contribution in [3.63, 3.8) is 0 Å². The number of nitrogens with zero attached hydrogens (tertiary/aromatic N) is 1. The number of rotatable bonds is 5. The highest BCUT2D eigenvalue weighted by Crippen LogP contribution is 2.18. The molecule has 1 atom stereocenters. The highest BCUT2D eigenvalue weighted by molar-refractivity contribution is 7.12. The SMILES string of the molecule is CN(C)CC(C)(O)CNC(=O)c1sccc1N. The van der Waals surface area contributed by atoms with Crippen LogP contribution in [0.25, 0.3) is 0 Å². The van der Waals surface area contributed by atoms with Crippen LogP contribution in [0, 0.1) is 0 Å². The number of nitrogen functional groups attached to an aromatic ring is 1. The summed E-state index contributed by atoms with van der Waals surface area (Å²) < 4.78 is 0. The van der Waals surface area contributed by atoms with Gasteiger partial charge in [0.2, 0.25) is 0 Å². The van der Waals surface area contributed by atoms with E-state index in [0.717, 1.165) is 0 Å². The van der Waals surface area contributed by atoms with Crippen molar-refractivity contribution < 1.29 is 9.90 Å². The maximum Gasteiger partial charge on any atom is 0.263 e. The molecular weight excluding hydrogens is 238 g/mol. The van der Waals surface area contributed by atoms with E-state index < -0.39 is 5.60 Å². The first-order valence-corrected chi connectivity index (χ1v) is 6.18. The minimum atomic E-state index is -0.953. The van der Waals surface area contributed by atoms with Crippen LogP contribution >= 0.6 is 11.3 Å². The summed E-state index contributed by atoms with van der Waals surface area (Å²) in [5, 5.41) is 14.5. The molecule has 1 amide bonds. The number of amides is 1. The van der Waals surface area contributed by atoms with Crippen LogP contribution in [0.5, 0.6) is 0 Å². The number of carbonyl (C=O) groups excluding carboxylic acids is 1. The Morgan fingerprint density at radius 3 is 2.76 bits per heavy atom. The van der Waals surface area contributed by atoms with Crippen molar-refractivity contribution in [3.05, 3.63) is 16.3 Å². The van der Waals surface area contributed by atoms with Gasteiger partial charge in [0, 0.05) is 13.1 Å². The molecular formula is C11H19N3O2S. The first kappa shape index (κ1) is 14.0. The van der Waals surface area contributed by atoms with Gasteiger partial charge in [-0.2, -0.15) is 0 Å². The molecule has 1 unspecified atom stereocenters. The van der Waals surface area contributed by atoms with Crippen LogP contribution in [0.15, 0.2) is 11.4 Å². The summed E-state index contributed by atoms with van der Waals surface area (Å²) >= 11 is 1.29. The van der Waals surface area contributed by atoms with E-state index in [-0.39, 0.29) is 12.5 Å². The van der Waals surface area contributed by atoms with Gasteiger partial charge >= 0.3 is 0 Å². The number of aliphatic hydroxyl groups is 1. The number of carbonyl (C=O) groups is 1. The van der Waals surface area contributed by atoms with Gasteiger partial charge in [-0.3, -0.25) is 4.79 Å². The number of likely N-dealkylation sites (N-methyl/N-ethyl adjacent to an activating group) is 1. The molecule has 1 aromatic rings. The average Bonchev–Trinajstić information content (AvgIpc) is 2.59. The Labute approximate surface area is 105 Å². The Kier molecular flexibility index (Phi) is 4.50. The van der Waals surface area contributed by atoms with Crippen LogP contribution in [-0.2, 0) is 0 Å². The van der Waals surface area contributed by atoms with E-state index in [1.165, 1.54) is 11.3 Å². The summed E-state index contributed by atoms with van der Waals surface area (Å²) in [6.45, 7) is 2.36. The van der Waals surface area contributed by atoms with E-state index >= 15 is 0 Å². The Hall–Kier alpha value is -1.11. The Bertz CT molecular complexity index is 388. The summed E-state index contributed by atoms with van der Waals surface area (Å²) in [6.07, 6.45) is 0. The molecule has 0 saturated carbocycles. The van der Waals surface area contributed by atoms with Crippen molar-refractivity contribution in [3.8, 4) is 0 Å². The van der Waals surface area contributed by atoms with Gasteiger partial charge in [-0.05, 0) is 32.5 Å². The number of hydrogen-bond donors (Lipinski definition) is 3. The third kappa shape index (κ3) is 4.33. The molecule has 0 aliphatic rings. The molecule has 1 rings (SSSR count). The molecule has 4 N–H and O–H groups in total. The van der Waals surface area contributed by atoms with E-state index in [2.05, 4.69) is 5.32 Å². The molecule has 0 aromatic carbocycles. The fourth-order valence-corrected chi connectivity index (χ4v) is 2.33. The molecule has 0 saturated heterocycles. The monoisotopic (exact) mass is 257 g/mol. The van der Waals surface area contributed by atoms with Crippen LogP contribution in [0.1, 0.15) is 16.6 Å². The molecule has 0 radical (unpaired) electrons. The lowest BCUT2D eigenvalue weighted by molar-refractivity contribution is 0.0326. The van der Waals surface area contributed by atoms with Crippen LogP contribution in [0.2, 0.25) is 0 Å². The van der Waals surface area contributed by atoms with E-state index in [4.69, 9.17) is 5.73 Å². The molecule has 17 heavy (non-hydrogen) atoms. The Morgan fingerprint density at radius 1 is 1.65 bits per heavy atom. The standard InChI is InChI=1S/C11H19N3O2S/c1-11(16,7-14(2)3)6-13-10(15)9-8(12)4-5-17-9/h4-5,16H,6-7,12H2,1-3H3,(H,13,15). The summed E-state index contributed by atoms with van der Waals surface area (Å²) in [6, 6.07) is 1.69. The van der Waals surface area contributed by atoms with Crippen molar-refractivity contribution in [1.82, 2.24) is 10.2 Å². The van der Waals surface area contributed by atoms with Crippen LogP contribution in [0.3, 0.4) is 0 Å². The molecule has 0 bridgehead atoms. The van der Waals surface area contributed by atoms with E-state index in [1.807, 2.05) is 19.0 Å². The van der Waals surface area contributed by atoms with Gasteiger partial charge in [-0.25, -0.2) is 0 Å². The zero-order chi connectivity index (χ0) is 13.1. The van der Waals surface area contributed by atoms with Crippen molar-refractivity contribution in [2.75, 3.05) is 32.9 Å². The lowest BCUT2D eigenvalue weighted by Crippen LogP contribution is -2.47. The summed E-state index contributed by atoms with van der Waals surface area (Å²) in [4.78, 5) is 14.1. The molecule has 0 aliphatic carbocycles. The minimum absolute atomic E-state index is 0.196. The van der Waals surface area contributed by atoms with Gasteiger partial charge in [-0.15, -0.1) is 11.3 Å². The molecule has 0 fully saturated rings. The summed E-state index contributed by atoms with van der Waals surface area (Å²) in [7, 11) is 3.74. The van der Waals surface area contributed by atoms with Crippen LogP contribution in [0.4, 0.5) is 5.69 Å². The largest absolute Gasteiger partial charge is 0.397 e. The molecule has 1 aromatic heterocycles. The average molecular weight is 257 g/mol. The fourth-order valence-electron chi connectivity index (χ4n) is 1.59. The predicted octanol–water partition coefficient (Wildman–Crippen LogP) is 0.373. The van der Waals surface area contributed by atoms with Gasteiger partial charge in [0.25, 0.3) is 5.91 Å². The van der Waals surface area contributed by atoms with Gasteiger partial charge in [0.1, 0.15) is 4.88 Å². The highest BCUT2D eigenvalue weighted by Gasteiger charge is 2.23. The van der Waals surface area contributed by atoms with Crippen LogP contribution < -0.4 is 11.1 Å². The van der Waals surface area contributed by atoms with Gasteiger partial charge in [-0.1, -0.05) is 0 Å². The van der Waals surface area contributed by atoms with Crippen molar-refractivity contribution in [2.24, 2.45) is 0 Å². The van der Waals surface area contributed by atoms with Crippen molar-refractivity contribution in [2.45, 2.75) is 12.5 Å².